The van der Waals surface area contributed by atoms with E-state index in [9.17, 15) is 4.79 Å². The van der Waals surface area contributed by atoms with E-state index in [1.807, 2.05) is 42.3 Å². The first-order chi connectivity index (χ1) is 17.1. The van der Waals surface area contributed by atoms with Gasteiger partial charge in [0.2, 0.25) is 0 Å². The molecule has 0 aliphatic carbocycles. The molecule has 2 aromatic rings. The predicted octanol–water partition coefficient (Wildman–Crippen LogP) is 5.31. The molecule has 0 spiro atoms. The van der Waals surface area contributed by atoms with E-state index in [-0.39, 0.29) is 5.91 Å². The Morgan fingerprint density at radius 2 is 1.86 bits per heavy atom. The molecule has 0 N–H and O–H groups in total. The number of rotatable bonds is 6. The first-order valence-corrected chi connectivity index (χ1v) is 13.6. The highest BCUT2D eigenvalue weighted by atomic mass is 32.2. The maximum absolute atomic E-state index is 13.6. The molecule has 0 unspecified atom stereocenters. The lowest BCUT2D eigenvalue weighted by atomic mass is 10.2. The number of aliphatic imine (C=N–C) groups is 1. The third kappa shape index (κ3) is 4.90. The summed E-state index contributed by atoms with van der Waals surface area (Å²) in [6, 6.07) is 14.3. The Bertz CT molecular complexity index is 1160. The van der Waals surface area contributed by atoms with Crippen molar-refractivity contribution < 1.29 is 14.3 Å². The minimum atomic E-state index is 0.0289. The topological polar surface area (TPSA) is 57.6 Å². The van der Waals surface area contributed by atoms with Gasteiger partial charge in [-0.1, -0.05) is 25.1 Å². The molecule has 35 heavy (non-hydrogen) atoms. The second-order valence-electron chi connectivity index (χ2n) is 8.55. The highest BCUT2D eigenvalue weighted by molar-refractivity contribution is 8.19. The Balaban J connectivity index is 1.43. The molecule has 0 saturated carbocycles. The van der Waals surface area contributed by atoms with Crippen molar-refractivity contribution in [2.24, 2.45) is 4.99 Å². The van der Waals surface area contributed by atoms with Gasteiger partial charge in [-0.05, 0) is 54.6 Å². The number of methoxy groups -OCH3 is 1. The average Bonchev–Trinajstić information content (AvgIpc) is 3.38. The summed E-state index contributed by atoms with van der Waals surface area (Å²) in [4.78, 5) is 26.6. The molecule has 3 aliphatic rings. The van der Waals surface area contributed by atoms with E-state index in [4.69, 9.17) is 14.5 Å². The number of amides is 1. The normalized spacial score (nSPS) is 21.3. The van der Waals surface area contributed by atoms with Crippen LogP contribution in [0.15, 0.2) is 62.3 Å². The fraction of sp³-hybridized carbons (Fsp3) is 0.385. The van der Waals surface area contributed by atoms with Crippen molar-refractivity contribution in [1.82, 2.24) is 4.90 Å². The van der Waals surface area contributed by atoms with Crippen LogP contribution in [-0.4, -0.2) is 63.0 Å². The monoisotopic (exact) mass is 510 g/mol. The van der Waals surface area contributed by atoms with E-state index in [0.29, 0.717) is 6.54 Å². The van der Waals surface area contributed by atoms with Gasteiger partial charge in [0.15, 0.2) is 5.17 Å². The van der Waals surface area contributed by atoms with E-state index in [1.54, 1.807) is 18.9 Å². The van der Waals surface area contributed by atoms with Crippen LogP contribution in [0, 0.1) is 0 Å². The van der Waals surface area contributed by atoms with Gasteiger partial charge in [0, 0.05) is 43.3 Å². The van der Waals surface area contributed by atoms with Crippen LogP contribution >= 0.6 is 23.5 Å². The zero-order chi connectivity index (χ0) is 24.4. The molecule has 1 amide bonds. The van der Waals surface area contributed by atoms with Gasteiger partial charge >= 0.3 is 0 Å². The number of thioether (sulfide) groups is 2. The zero-order valence-corrected chi connectivity index (χ0v) is 22.0. The molecule has 0 bridgehead atoms. The standard InChI is InChI=1S/C26H30N4O3S2/c1-4-5-12-30-24(31)23(25-28(2)21-17-20(32-3)10-11-22(21)34-25)35-26(30)27-18-6-8-19(9-7-18)29-13-15-33-16-14-29/h6-11,17H,4-5,12-16H2,1-3H3. The summed E-state index contributed by atoms with van der Waals surface area (Å²) in [6.07, 6.45) is 1.95. The first kappa shape index (κ1) is 24.1. The number of anilines is 2. The van der Waals surface area contributed by atoms with Crippen molar-refractivity contribution in [3.63, 3.8) is 0 Å². The summed E-state index contributed by atoms with van der Waals surface area (Å²) in [5, 5.41) is 1.69. The van der Waals surface area contributed by atoms with Crippen molar-refractivity contribution >= 4 is 51.7 Å². The van der Waals surface area contributed by atoms with Gasteiger partial charge in [-0.15, -0.1) is 0 Å². The molecule has 3 heterocycles. The van der Waals surface area contributed by atoms with Crippen LogP contribution in [0.4, 0.5) is 17.1 Å². The number of hydrogen-bond acceptors (Lipinski definition) is 8. The third-order valence-electron chi connectivity index (χ3n) is 6.28. The van der Waals surface area contributed by atoms with Gasteiger partial charge in [0.1, 0.15) is 10.7 Å². The van der Waals surface area contributed by atoms with Crippen LogP contribution < -0.4 is 14.5 Å². The molecule has 5 rings (SSSR count). The van der Waals surface area contributed by atoms with Crippen LogP contribution in [0.25, 0.3) is 0 Å². The molecule has 184 valence electrons. The minimum Gasteiger partial charge on any atom is -0.497 e. The fourth-order valence-electron chi connectivity index (χ4n) is 4.25. The highest BCUT2D eigenvalue weighted by Crippen LogP contribution is 2.51. The molecular formula is C26H30N4O3S2. The molecule has 7 nitrogen and oxygen atoms in total. The second-order valence-corrected chi connectivity index (χ2v) is 10.6. The zero-order valence-electron chi connectivity index (χ0n) is 20.3. The molecule has 2 fully saturated rings. The lowest BCUT2D eigenvalue weighted by molar-refractivity contribution is -0.122. The fourth-order valence-corrected chi connectivity index (χ4v) is 6.60. The number of ether oxygens (including phenoxy) is 2. The van der Waals surface area contributed by atoms with Gasteiger partial charge in [0.25, 0.3) is 5.91 Å². The maximum atomic E-state index is 13.6. The van der Waals surface area contributed by atoms with Gasteiger partial charge < -0.3 is 19.3 Å². The lowest BCUT2D eigenvalue weighted by Crippen LogP contribution is -2.36. The number of carbonyl (C=O) groups is 1. The summed E-state index contributed by atoms with van der Waals surface area (Å²) in [5.41, 5.74) is 3.08. The number of benzene rings is 2. The summed E-state index contributed by atoms with van der Waals surface area (Å²) < 4.78 is 10.9. The lowest BCUT2D eigenvalue weighted by Gasteiger charge is -2.28. The Labute approximate surface area is 215 Å². The molecule has 0 radical (unpaired) electrons. The molecule has 0 aromatic heterocycles. The van der Waals surface area contributed by atoms with Crippen LogP contribution in [0.5, 0.6) is 5.75 Å². The molecular weight excluding hydrogens is 480 g/mol. The van der Waals surface area contributed by atoms with Gasteiger partial charge in [0.05, 0.1) is 36.7 Å². The summed E-state index contributed by atoms with van der Waals surface area (Å²) in [5.74, 6) is 0.835. The molecule has 0 atom stereocenters. The predicted molar refractivity (Wildman–Crippen MR) is 145 cm³/mol. The third-order valence-corrected chi connectivity index (χ3v) is 8.71. The van der Waals surface area contributed by atoms with E-state index in [2.05, 4.69) is 28.9 Å². The van der Waals surface area contributed by atoms with Crippen LogP contribution in [-0.2, 0) is 9.53 Å². The summed E-state index contributed by atoms with van der Waals surface area (Å²) in [7, 11) is 3.67. The van der Waals surface area contributed by atoms with Crippen LogP contribution in [0.3, 0.4) is 0 Å². The van der Waals surface area contributed by atoms with Crippen LogP contribution in [0.2, 0.25) is 0 Å². The largest absolute Gasteiger partial charge is 0.497 e. The quantitative estimate of drug-likeness (QED) is 0.489. The van der Waals surface area contributed by atoms with Gasteiger partial charge in [-0.3, -0.25) is 9.69 Å². The van der Waals surface area contributed by atoms with E-state index < -0.39 is 0 Å². The summed E-state index contributed by atoms with van der Waals surface area (Å²) >= 11 is 3.10. The molecule has 2 saturated heterocycles. The van der Waals surface area contributed by atoms with Crippen molar-refractivity contribution in [3.8, 4) is 5.75 Å². The Morgan fingerprint density at radius 3 is 2.57 bits per heavy atom. The van der Waals surface area contributed by atoms with Crippen molar-refractivity contribution in [3.05, 3.63) is 52.4 Å². The van der Waals surface area contributed by atoms with E-state index in [0.717, 1.165) is 76.3 Å². The van der Waals surface area contributed by atoms with Crippen LogP contribution in [0.1, 0.15) is 19.8 Å². The number of hydrogen-bond donors (Lipinski definition) is 0. The van der Waals surface area contributed by atoms with Gasteiger partial charge in [-0.2, -0.15) is 0 Å². The van der Waals surface area contributed by atoms with E-state index in [1.165, 1.54) is 17.4 Å². The number of amidine groups is 1. The number of fused-ring (bicyclic) bond motifs is 1. The minimum absolute atomic E-state index is 0.0289. The Hall–Kier alpha value is -2.62. The Morgan fingerprint density at radius 1 is 1.09 bits per heavy atom. The first-order valence-electron chi connectivity index (χ1n) is 11.9. The Kier molecular flexibility index (Phi) is 7.27. The number of carbonyl (C=O) groups excluding carboxylic acids is 1. The van der Waals surface area contributed by atoms with Crippen molar-refractivity contribution in [2.45, 2.75) is 24.7 Å². The highest BCUT2D eigenvalue weighted by Gasteiger charge is 2.39. The maximum Gasteiger partial charge on any atom is 0.269 e. The molecule has 3 aliphatic heterocycles. The molecule has 9 heteroatoms. The number of unbranched alkanes of at least 4 members (excludes halogenated alkanes) is 1. The SMILES string of the molecule is CCCCN1C(=O)C(=C2Sc3ccc(OC)cc3N2C)SC1=Nc1ccc(N2CCOCC2)cc1. The molecule has 2 aromatic carbocycles. The van der Waals surface area contributed by atoms with Gasteiger partial charge in [-0.25, -0.2) is 4.99 Å². The van der Waals surface area contributed by atoms with Crippen molar-refractivity contribution in [2.75, 3.05) is 56.8 Å². The van der Waals surface area contributed by atoms with E-state index >= 15 is 0 Å². The average molecular weight is 511 g/mol. The van der Waals surface area contributed by atoms with Crippen molar-refractivity contribution in [1.29, 1.82) is 0 Å². The second kappa shape index (κ2) is 10.6. The number of morpholine rings is 1. The smallest absolute Gasteiger partial charge is 0.269 e. The number of nitrogens with zero attached hydrogens (tertiary/aromatic N) is 4. The summed E-state index contributed by atoms with van der Waals surface area (Å²) in [6.45, 7) is 6.13.